The van der Waals surface area contributed by atoms with E-state index in [4.69, 9.17) is 11.6 Å². The number of hydrogen-bond acceptors (Lipinski definition) is 5. The molecule has 1 N–H and O–H groups in total. The van der Waals surface area contributed by atoms with Gasteiger partial charge in [-0.3, -0.25) is 0 Å². The van der Waals surface area contributed by atoms with E-state index in [9.17, 15) is 4.79 Å². The van der Waals surface area contributed by atoms with Crippen LogP contribution in [0.15, 0.2) is 16.4 Å². The Morgan fingerprint density at radius 2 is 2.56 bits per heavy atom. The van der Waals surface area contributed by atoms with Crippen LogP contribution in [-0.4, -0.2) is 34.5 Å². The molecule has 8 heteroatoms. The minimum Gasteiger partial charge on any atom is -0.245 e. The lowest BCUT2D eigenvalue weighted by Gasteiger charge is -2.19. The number of amides is 2. The first-order chi connectivity index (χ1) is 7.65. The number of halogens is 1. The van der Waals surface area contributed by atoms with Crippen molar-refractivity contribution in [2.75, 3.05) is 6.54 Å². The maximum atomic E-state index is 11.3. The number of hydrazone groups is 2. The van der Waals surface area contributed by atoms with Crippen molar-refractivity contribution in [3.63, 3.8) is 0 Å². The summed E-state index contributed by atoms with van der Waals surface area (Å²) in [6.07, 6.45) is 3.14. The highest BCUT2D eigenvalue weighted by atomic mass is 35.5. The van der Waals surface area contributed by atoms with Gasteiger partial charge in [0.05, 0.1) is 23.3 Å². The smallest absolute Gasteiger partial charge is 0.245 e. The van der Waals surface area contributed by atoms with Crippen LogP contribution in [0.1, 0.15) is 11.8 Å². The van der Waals surface area contributed by atoms with Gasteiger partial charge in [0.1, 0.15) is 0 Å². The lowest BCUT2D eigenvalue weighted by molar-refractivity contribution is 0.204. The van der Waals surface area contributed by atoms with E-state index in [-0.39, 0.29) is 6.03 Å². The number of urea groups is 1. The average Bonchev–Trinajstić information content (AvgIpc) is 2.66. The van der Waals surface area contributed by atoms with Crippen LogP contribution in [0.5, 0.6) is 0 Å². The fourth-order valence-corrected chi connectivity index (χ4v) is 1.89. The van der Waals surface area contributed by atoms with Gasteiger partial charge in [0.15, 0.2) is 4.47 Å². The standard InChI is InChI=1S/C8H8ClN5OS/c1-5-4-14(8(15)13-12-5)11-3-6-2-10-7(9)16-6/h2-3H,4H2,1H3,(H,13,15)/b11-3+. The lowest BCUT2D eigenvalue weighted by Crippen LogP contribution is -2.41. The molecule has 1 aliphatic heterocycles. The molecule has 0 unspecified atom stereocenters. The third kappa shape index (κ3) is 2.56. The Balaban J connectivity index is 2.07. The van der Waals surface area contributed by atoms with Gasteiger partial charge >= 0.3 is 6.03 Å². The first-order valence-corrected chi connectivity index (χ1v) is 5.60. The van der Waals surface area contributed by atoms with E-state index in [1.165, 1.54) is 16.3 Å². The summed E-state index contributed by atoms with van der Waals surface area (Å²) in [7, 11) is 0. The van der Waals surface area contributed by atoms with Crippen LogP contribution in [-0.2, 0) is 0 Å². The fourth-order valence-electron chi connectivity index (χ4n) is 1.07. The molecule has 0 saturated heterocycles. The van der Waals surface area contributed by atoms with E-state index in [2.05, 4.69) is 20.6 Å². The van der Waals surface area contributed by atoms with Gasteiger partial charge in [0.2, 0.25) is 0 Å². The van der Waals surface area contributed by atoms with Gasteiger partial charge in [-0.15, -0.1) is 11.3 Å². The van der Waals surface area contributed by atoms with Crippen molar-refractivity contribution in [3.05, 3.63) is 15.5 Å². The molecule has 16 heavy (non-hydrogen) atoms. The van der Waals surface area contributed by atoms with Crippen molar-refractivity contribution in [1.82, 2.24) is 15.4 Å². The molecule has 1 aromatic rings. The van der Waals surface area contributed by atoms with Crippen molar-refractivity contribution in [3.8, 4) is 0 Å². The monoisotopic (exact) mass is 257 g/mol. The number of rotatable bonds is 2. The number of hydrogen-bond donors (Lipinski definition) is 1. The number of carbonyl (C=O) groups is 1. The molecule has 0 aliphatic carbocycles. The van der Waals surface area contributed by atoms with Gasteiger partial charge in [-0.1, -0.05) is 11.6 Å². The number of carbonyl (C=O) groups excluding carboxylic acids is 1. The zero-order valence-electron chi connectivity index (χ0n) is 8.35. The molecule has 2 rings (SSSR count). The number of thiazole rings is 1. The second-order valence-electron chi connectivity index (χ2n) is 3.08. The van der Waals surface area contributed by atoms with Gasteiger partial charge in [-0.05, 0) is 6.92 Å². The summed E-state index contributed by atoms with van der Waals surface area (Å²) in [4.78, 5) is 16.0. The fraction of sp³-hybridized carbons (Fsp3) is 0.250. The molecule has 2 amide bonds. The maximum Gasteiger partial charge on any atom is 0.358 e. The largest absolute Gasteiger partial charge is 0.358 e. The normalized spacial score (nSPS) is 16.5. The van der Waals surface area contributed by atoms with Gasteiger partial charge < -0.3 is 0 Å². The van der Waals surface area contributed by atoms with E-state index in [1.54, 1.807) is 12.4 Å². The third-order valence-electron chi connectivity index (χ3n) is 1.78. The second kappa shape index (κ2) is 4.58. The van der Waals surface area contributed by atoms with Crippen LogP contribution in [0.4, 0.5) is 4.79 Å². The zero-order chi connectivity index (χ0) is 11.5. The van der Waals surface area contributed by atoms with Gasteiger partial charge in [-0.2, -0.15) is 10.2 Å². The van der Waals surface area contributed by atoms with E-state index in [1.807, 2.05) is 6.92 Å². The summed E-state index contributed by atoms with van der Waals surface area (Å²) in [5.41, 5.74) is 3.14. The van der Waals surface area contributed by atoms with Gasteiger partial charge in [0.25, 0.3) is 0 Å². The highest BCUT2D eigenvalue weighted by Crippen LogP contribution is 2.15. The number of nitrogens with zero attached hydrogens (tertiary/aromatic N) is 4. The Morgan fingerprint density at radius 1 is 1.75 bits per heavy atom. The third-order valence-corrected chi connectivity index (χ3v) is 2.82. The van der Waals surface area contributed by atoms with Gasteiger partial charge in [0, 0.05) is 6.20 Å². The SMILES string of the molecule is CC1=NNC(=O)N(/N=C/c2cnc(Cl)s2)C1. The van der Waals surface area contributed by atoms with Gasteiger partial charge in [-0.25, -0.2) is 20.2 Å². The molecular weight excluding hydrogens is 250 g/mol. The minimum absolute atomic E-state index is 0.350. The molecule has 1 aromatic heterocycles. The summed E-state index contributed by atoms with van der Waals surface area (Å²) in [6.45, 7) is 2.19. The Morgan fingerprint density at radius 3 is 3.25 bits per heavy atom. The minimum atomic E-state index is -0.350. The Kier molecular flexibility index (Phi) is 3.16. The number of aromatic nitrogens is 1. The average molecular weight is 258 g/mol. The molecule has 0 spiro atoms. The molecular formula is C8H8ClN5OS. The van der Waals surface area contributed by atoms with Crippen LogP contribution in [0, 0.1) is 0 Å². The van der Waals surface area contributed by atoms with Crippen molar-refractivity contribution < 1.29 is 4.79 Å². The summed E-state index contributed by atoms with van der Waals surface area (Å²) in [6, 6.07) is -0.350. The Hall–Kier alpha value is -1.47. The maximum absolute atomic E-state index is 11.3. The second-order valence-corrected chi connectivity index (χ2v) is 4.73. The summed E-state index contributed by atoms with van der Waals surface area (Å²) < 4.78 is 0.447. The van der Waals surface area contributed by atoms with Crippen LogP contribution in [0.3, 0.4) is 0 Å². The zero-order valence-corrected chi connectivity index (χ0v) is 9.92. The predicted molar refractivity (Wildman–Crippen MR) is 63.1 cm³/mol. The lowest BCUT2D eigenvalue weighted by atomic mass is 10.4. The topological polar surface area (TPSA) is 70.0 Å². The molecule has 0 atom stereocenters. The molecule has 2 heterocycles. The molecule has 0 saturated carbocycles. The van der Waals surface area contributed by atoms with Crippen molar-refractivity contribution in [2.24, 2.45) is 10.2 Å². The molecule has 0 aromatic carbocycles. The highest BCUT2D eigenvalue weighted by Gasteiger charge is 2.17. The molecule has 0 fully saturated rings. The first kappa shape index (κ1) is 11.0. The number of nitrogens with one attached hydrogen (secondary N) is 1. The summed E-state index contributed by atoms with van der Waals surface area (Å²) >= 11 is 6.96. The summed E-state index contributed by atoms with van der Waals surface area (Å²) in [5.74, 6) is 0. The Labute approximate surface area is 101 Å². The van der Waals surface area contributed by atoms with Crippen LogP contribution < -0.4 is 5.43 Å². The van der Waals surface area contributed by atoms with Crippen molar-refractivity contribution in [1.29, 1.82) is 0 Å². The van der Waals surface area contributed by atoms with E-state index < -0.39 is 0 Å². The van der Waals surface area contributed by atoms with E-state index >= 15 is 0 Å². The molecule has 84 valence electrons. The van der Waals surface area contributed by atoms with Crippen molar-refractivity contribution in [2.45, 2.75) is 6.92 Å². The van der Waals surface area contributed by atoms with Crippen LogP contribution in [0.2, 0.25) is 4.47 Å². The van der Waals surface area contributed by atoms with Crippen LogP contribution >= 0.6 is 22.9 Å². The quantitative estimate of drug-likeness (QED) is 0.817. The molecule has 1 aliphatic rings. The highest BCUT2D eigenvalue weighted by molar-refractivity contribution is 7.17. The van der Waals surface area contributed by atoms with E-state index in [0.717, 1.165) is 10.6 Å². The van der Waals surface area contributed by atoms with Crippen molar-refractivity contribution >= 4 is 40.9 Å². The van der Waals surface area contributed by atoms with Crippen LogP contribution in [0.25, 0.3) is 0 Å². The van der Waals surface area contributed by atoms with E-state index in [0.29, 0.717) is 11.0 Å². The molecule has 0 radical (unpaired) electrons. The molecule has 0 bridgehead atoms. The molecule has 6 nitrogen and oxygen atoms in total. The first-order valence-electron chi connectivity index (χ1n) is 4.41. The predicted octanol–water partition coefficient (Wildman–Crippen LogP) is 1.53. The Bertz CT molecular complexity index is 469. The summed E-state index contributed by atoms with van der Waals surface area (Å²) in [5, 5.41) is 9.10.